The summed E-state index contributed by atoms with van der Waals surface area (Å²) in [5.74, 6) is -0.173. The summed E-state index contributed by atoms with van der Waals surface area (Å²) in [5.41, 5.74) is 2.19. The van der Waals surface area contributed by atoms with Gasteiger partial charge in [-0.05, 0) is 6.07 Å². The van der Waals surface area contributed by atoms with E-state index in [2.05, 4.69) is 25.5 Å². The molecule has 1 aliphatic rings. The lowest BCUT2D eigenvalue weighted by molar-refractivity contribution is 0.0950. The number of amides is 1. The van der Waals surface area contributed by atoms with Gasteiger partial charge in [-0.15, -0.1) is 5.10 Å². The van der Waals surface area contributed by atoms with E-state index in [1.807, 2.05) is 6.07 Å². The van der Waals surface area contributed by atoms with Crippen molar-refractivity contribution in [1.82, 2.24) is 25.3 Å². The van der Waals surface area contributed by atoms with E-state index in [1.165, 1.54) is 0 Å². The third-order valence-electron chi connectivity index (χ3n) is 3.44. The molecule has 3 rings (SSSR count). The number of nitrogens with one attached hydrogen (secondary N) is 1. The van der Waals surface area contributed by atoms with Crippen LogP contribution in [0.5, 0.6) is 0 Å². The monoisotopic (exact) mass is 302 g/mol. The number of anilines is 1. The normalized spacial score (nSPS) is 14.9. The lowest BCUT2D eigenvalue weighted by Gasteiger charge is -2.28. The number of hydrogen-bond donors (Lipinski definition) is 1. The molecule has 0 bridgehead atoms. The van der Waals surface area contributed by atoms with E-state index < -0.39 is 0 Å². The molecule has 1 aliphatic heterocycles. The van der Waals surface area contributed by atoms with Crippen LogP contribution in [-0.2, 0) is 18.3 Å². The molecule has 0 aromatic carbocycles. The first-order valence-electron chi connectivity index (χ1n) is 7.13. The Balaban J connectivity index is 1.64. The predicted molar refractivity (Wildman–Crippen MR) is 79.4 cm³/mol. The maximum atomic E-state index is 12.2. The van der Waals surface area contributed by atoms with Crippen molar-refractivity contribution in [2.24, 2.45) is 7.05 Å². The van der Waals surface area contributed by atoms with Gasteiger partial charge in [0, 0.05) is 32.5 Å². The molecular formula is C14H18N6O2. The summed E-state index contributed by atoms with van der Waals surface area (Å²) < 4.78 is 6.93. The van der Waals surface area contributed by atoms with Crippen molar-refractivity contribution in [3.05, 3.63) is 35.9 Å². The molecule has 0 spiro atoms. The maximum absolute atomic E-state index is 12.2. The van der Waals surface area contributed by atoms with Crippen molar-refractivity contribution in [2.45, 2.75) is 6.54 Å². The van der Waals surface area contributed by atoms with E-state index in [0.29, 0.717) is 31.0 Å². The number of hydrogen-bond acceptors (Lipinski definition) is 6. The number of morpholine rings is 1. The van der Waals surface area contributed by atoms with Crippen molar-refractivity contribution in [1.29, 1.82) is 0 Å². The topological polar surface area (TPSA) is 85.2 Å². The van der Waals surface area contributed by atoms with Gasteiger partial charge in [-0.1, -0.05) is 5.21 Å². The van der Waals surface area contributed by atoms with E-state index >= 15 is 0 Å². The van der Waals surface area contributed by atoms with Crippen molar-refractivity contribution in [3.63, 3.8) is 0 Å². The standard InChI is InChI=1S/C14H18N6O2/c1-19-10-12(17-18-19)8-16-14(21)11-6-13(9-15-7-11)20-2-4-22-5-3-20/h6-7,9-10H,2-5,8H2,1H3,(H,16,21). The Hall–Kier alpha value is -2.48. The minimum absolute atomic E-state index is 0.173. The SMILES string of the molecule is Cn1cc(CNC(=O)c2cncc(N3CCOCC3)c2)nn1. The molecule has 1 N–H and O–H groups in total. The first kappa shape index (κ1) is 14.5. The quantitative estimate of drug-likeness (QED) is 0.854. The van der Waals surface area contributed by atoms with Crippen LogP contribution in [0.1, 0.15) is 16.1 Å². The minimum atomic E-state index is -0.173. The van der Waals surface area contributed by atoms with Gasteiger partial charge in [0.05, 0.1) is 37.2 Å². The second-order valence-electron chi connectivity index (χ2n) is 5.10. The summed E-state index contributed by atoms with van der Waals surface area (Å²) in [6, 6.07) is 1.85. The molecule has 8 heteroatoms. The van der Waals surface area contributed by atoms with E-state index in [4.69, 9.17) is 4.74 Å². The van der Waals surface area contributed by atoms with E-state index in [-0.39, 0.29) is 5.91 Å². The average Bonchev–Trinajstić information content (AvgIpc) is 2.99. The van der Waals surface area contributed by atoms with Crippen LogP contribution in [0.4, 0.5) is 5.69 Å². The number of rotatable bonds is 4. The highest BCUT2D eigenvalue weighted by Crippen LogP contribution is 2.16. The van der Waals surface area contributed by atoms with Gasteiger partial charge < -0.3 is 15.0 Å². The molecule has 116 valence electrons. The summed E-state index contributed by atoms with van der Waals surface area (Å²) in [7, 11) is 1.79. The molecule has 0 unspecified atom stereocenters. The van der Waals surface area contributed by atoms with Crippen LogP contribution < -0.4 is 10.2 Å². The number of carbonyl (C=O) groups excluding carboxylic acids is 1. The van der Waals surface area contributed by atoms with Crippen molar-refractivity contribution in [3.8, 4) is 0 Å². The Labute approximate surface area is 128 Å². The van der Waals surface area contributed by atoms with Crippen LogP contribution >= 0.6 is 0 Å². The predicted octanol–water partition coefficient (Wildman–Crippen LogP) is -0.0233. The van der Waals surface area contributed by atoms with Gasteiger partial charge in [0.15, 0.2) is 0 Å². The lowest BCUT2D eigenvalue weighted by atomic mass is 10.2. The Kier molecular flexibility index (Phi) is 4.29. The van der Waals surface area contributed by atoms with Gasteiger partial charge >= 0.3 is 0 Å². The van der Waals surface area contributed by atoms with E-state index in [1.54, 1.807) is 30.3 Å². The highest BCUT2D eigenvalue weighted by Gasteiger charge is 2.14. The van der Waals surface area contributed by atoms with Crippen LogP contribution in [0.3, 0.4) is 0 Å². The minimum Gasteiger partial charge on any atom is -0.378 e. The van der Waals surface area contributed by atoms with Crippen LogP contribution in [0.15, 0.2) is 24.7 Å². The average molecular weight is 302 g/mol. The molecular weight excluding hydrogens is 284 g/mol. The Bertz CT molecular complexity index is 650. The first-order valence-corrected chi connectivity index (χ1v) is 7.13. The van der Waals surface area contributed by atoms with Crippen molar-refractivity contribution < 1.29 is 9.53 Å². The van der Waals surface area contributed by atoms with Gasteiger partial charge in [0.1, 0.15) is 5.69 Å². The summed E-state index contributed by atoms with van der Waals surface area (Å²) >= 11 is 0. The maximum Gasteiger partial charge on any atom is 0.253 e. The Morgan fingerprint density at radius 1 is 1.36 bits per heavy atom. The third kappa shape index (κ3) is 3.40. The molecule has 22 heavy (non-hydrogen) atoms. The highest BCUT2D eigenvalue weighted by molar-refractivity contribution is 5.94. The van der Waals surface area contributed by atoms with Gasteiger partial charge in [-0.2, -0.15) is 0 Å². The van der Waals surface area contributed by atoms with Gasteiger partial charge in [0.25, 0.3) is 5.91 Å². The summed E-state index contributed by atoms with van der Waals surface area (Å²) in [5, 5.41) is 10.6. The number of carbonyl (C=O) groups is 1. The molecule has 0 radical (unpaired) electrons. The van der Waals surface area contributed by atoms with Crippen LogP contribution in [0.2, 0.25) is 0 Å². The zero-order chi connectivity index (χ0) is 15.4. The fourth-order valence-electron chi connectivity index (χ4n) is 2.30. The molecule has 3 heterocycles. The van der Waals surface area contributed by atoms with Gasteiger partial charge in [-0.3, -0.25) is 14.5 Å². The fraction of sp³-hybridized carbons (Fsp3) is 0.429. The third-order valence-corrected chi connectivity index (χ3v) is 3.44. The number of pyridine rings is 1. The number of nitrogens with zero attached hydrogens (tertiary/aromatic N) is 5. The molecule has 0 atom stereocenters. The number of ether oxygens (including phenoxy) is 1. The second-order valence-corrected chi connectivity index (χ2v) is 5.10. The fourth-order valence-corrected chi connectivity index (χ4v) is 2.30. The Morgan fingerprint density at radius 3 is 2.91 bits per heavy atom. The zero-order valence-electron chi connectivity index (χ0n) is 12.4. The molecule has 1 saturated heterocycles. The Morgan fingerprint density at radius 2 is 2.18 bits per heavy atom. The highest BCUT2D eigenvalue weighted by atomic mass is 16.5. The van der Waals surface area contributed by atoms with Gasteiger partial charge in [-0.25, -0.2) is 0 Å². The van der Waals surface area contributed by atoms with Crippen molar-refractivity contribution >= 4 is 11.6 Å². The molecule has 0 aliphatic carbocycles. The molecule has 2 aromatic rings. The smallest absolute Gasteiger partial charge is 0.253 e. The van der Waals surface area contributed by atoms with Crippen LogP contribution in [-0.4, -0.2) is 52.2 Å². The van der Waals surface area contributed by atoms with Crippen LogP contribution in [0, 0.1) is 0 Å². The molecule has 0 saturated carbocycles. The van der Waals surface area contributed by atoms with Gasteiger partial charge in [0.2, 0.25) is 0 Å². The lowest BCUT2D eigenvalue weighted by Crippen LogP contribution is -2.36. The summed E-state index contributed by atoms with van der Waals surface area (Å²) in [4.78, 5) is 18.5. The second kappa shape index (κ2) is 6.52. The number of aromatic nitrogens is 4. The van der Waals surface area contributed by atoms with Crippen LogP contribution in [0.25, 0.3) is 0 Å². The van der Waals surface area contributed by atoms with Crippen molar-refractivity contribution in [2.75, 3.05) is 31.2 Å². The number of aryl methyl sites for hydroxylation is 1. The zero-order valence-corrected chi connectivity index (χ0v) is 12.4. The molecule has 1 fully saturated rings. The summed E-state index contributed by atoms with van der Waals surface area (Å²) in [6.07, 6.45) is 5.10. The molecule has 1 amide bonds. The van der Waals surface area contributed by atoms with E-state index in [0.717, 1.165) is 18.8 Å². The molecule has 8 nitrogen and oxygen atoms in total. The summed E-state index contributed by atoms with van der Waals surface area (Å²) in [6.45, 7) is 3.36. The largest absolute Gasteiger partial charge is 0.378 e. The first-order chi connectivity index (χ1) is 10.7. The molecule has 2 aromatic heterocycles. The van der Waals surface area contributed by atoms with E-state index in [9.17, 15) is 4.79 Å².